The summed E-state index contributed by atoms with van der Waals surface area (Å²) in [5.74, 6) is -0.0781. The van der Waals surface area contributed by atoms with Crippen molar-refractivity contribution in [2.75, 3.05) is 31.3 Å². The van der Waals surface area contributed by atoms with E-state index in [1.807, 2.05) is 0 Å². The van der Waals surface area contributed by atoms with Crippen LogP contribution in [0, 0.1) is 0 Å². The number of anilines is 1. The lowest BCUT2D eigenvalue weighted by Gasteiger charge is -2.16. The second-order valence-electron chi connectivity index (χ2n) is 3.83. The van der Waals surface area contributed by atoms with Crippen LogP contribution in [0.15, 0.2) is 18.3 Å². The molecule has 0 fully saturated rings. The van der Waals surface area contributed by atoms with Gasteiger partial charge in [0.15, 0.2) is 0 Å². The summed E-state index contributed by atoms with van der Waals surface area (Å²) in [5.41, 5.74) is 5.86. The molecule has 0 aromatic carbocycles. The summed E-state index contributed by atoms with van der Waals surface area (Å²) in [7, 11) is -1.53. The van der Waals surface area contributed by atoms with Gasteiger partial charge in [0.1, 0.15) is 15.7 Å². The van der Waals surface area contributed by atoms with E-state index in [1.54, 1.807) is 7.05 Å². The van der Waals surface area contributed by atoms with E-state index in [1.165, 1.54) is 23.2 Å². The molecule has 0 spiro atoms. The highest BCUT2D eigenvalue weighted by molar-refractivity contribution is 7.90. The van der Waals surface area contributed by atoms with Crippen LogP contribution in [0.3, 0.4) is 0 Å². The summed E-state index contributed by atoms with van der Waals surface area (Å²) in [6.07, 6.45) is 2.57. The summed E-state index contributed by atoms with van der Waals surface area (Å²) < 4.78 is 22.0. The molecular weight excluding hydrogens is 242 g/mol. The Morgan fingerprint density at radius 2 is 2.18 bits per heavy atom. The first-order chi connectivity index (χ1) is 7.79. The summed E-state index contributed by atoms with van der Waals surface area (Å²) in [4.78, 5) is 17.0. The van der Waals surface area contributed by atoms with Crippen LogP contribution in [-0.4, -0.2) is 49.8 Å². The molecule has 2 N–H and O–H groups in total. The van der Waals surface area contributed by atoms with Crippen molar-refractivity contribution in [1.82, 2.24) is 9.88 Å². The number of rotatable bonds is 4. The SMILES string of the molecule is CN(CCS(C)(=O)=O)C(=O)c1ccnc(N)c1. The van der Waals surface area contributed by atoms with E-state index in [4.69, 9.17) is 5.73 Å². The van der Waals surface area contributed by atoms with Gasteiger partial charge in [0, 0.05) is 31.6 Å². The maximum atomic E-state index is 11.9. The molecule has 1 heterocycles. The average Bonchev–Trinajstić information content (AvgIpc) is 2.24. The van der Waals surface area contributed by atoms with Crippen LogP contribution < -0.4 is 5.73 Å². The van der Waals surface area contributed by atoms with Crippen LogP contribution in [0.2, 0.25) is 0 Å². The van der Waals surface area contributed by atoms with Gasteiger partial charge in [0.05, 0.1) is 5.75 Å². The van der Waals surface area contributed by atoms with Crippen molar-refractivity contribution < 1.29 is 13.2 Å². The molecule has 1 amide bonds. The zero-order chi connectivity index (χ0) is 13.1. The van der Waals surface area contributed by atoms with Crippen molar-refractivity contribution in [3.8, 4) is 0 Å². The van der Waals surface area contributed by atoms with Gasteiger partial charge in [-0.05, 0) is 12.1 Å². The van der Waals surface area contributed by atoms with Gasteiger partial charge in [-0.2, -0.15) is 0 Å². The topological polar surface area (TPSA) is 93.4 Å². The summed E-state index contributed by atoms with van der Waals surface area (Å²) in [6, 6.07) is 2.99. The lowest BCUT2D eigenvalue weighted by atomic mass is 10.2. The predicted octanol–water partition coefficient (Wildman–Crippen LogP) is -0.220. The Morgan fingerprint density at radius 3 is 2.71 bits per heavy atom. The maximum Gasteiger partial charge on any atom is 0.253 e. The minimum absolute atomic E-state index is 0.0597. The Hall–Kier alpha value is -1.63. The van der Waals surface area contributed by atoms with Gasteiger partial charge in [-0.1, -0.05) is 0 Å². The van der Waals surface area contributed by atoms with Crippen molar-refractivity contribution in [2.24, 2.45) is 0 Å². The van der Waals surface area contributed by atoms with Crippen LogP contribution in [0.5, 0.6) is 0 Å². The van der Waals surface area contributed by atoms with Crippen molar-refractivity contribution >= 4 is 21.6 Å². The zero-order valence-corrected chi connectivity index (χ0v) is 10.6. The normalized spacial score (nSPS) is 11.2. The number of nitrogen functional groups attached to an aromatic ring is 1. The number of hydrogen-bond acceptors (Lipinski definition) is 5. The molecule has 1 aromatic rings. The van der Waals surface area contributed by atoms with E-state index in [9.17, 15) is 13.2 Å². The molecular formula is C10H15N3O3S. The molecule has 0 unspecified atom stereocenters. The first kappa shape index (κ1) is 13.4. The summed E-state index contributed by atoms with van der Waals surface area (Å²) in [6.45, 7) is 0.153. The Labute approximate surface area is 100 Å². The van der Waals surface area contributed by atoms with Gasteiger partial charge in [0.25, 0.3) is 5.91 Å². The van der Waals surface area contributed by atoms with E-state index < -0.39 is 9.84 Å². The molecule has 0 aliphatic carbocycles. The van der Waals surface area contributed by atoms with Gasteiger partial charge in [-0.15, -0.1) is 0 Å². The van der Waals surface area contributed by atoms with Crippen LogP contribution in [0.4, 0.5) is 5.82 Å². The molecule has 1 rings (SSSR count). The van der Waals surface area contributed by atoms with Crippen LogP contribution in [-0.2, 0) is 9.84 Å². The fraction of sp³-hybridized carbons (Fsp3) is 0.400. The number of sulfone groups is 1. The fourth-order valence-corrected chi connectivity index (χ4v) is 1.81. The third kappa shape index (κ3) is 4.39. The lowest BCUT2D eigenvalue weighted by molar-refractivity contribution is 0.0803. The molecule has 0 radical (unpaired) electrons. The summed E-state index contributed by atoms with van der Waals surface area (Å²) in [5, 5.41) is 0. The Morgan fingerprint density at radius 1 is 1.53 bits per heavy atom. The number of amides is 1. The number of pyridine rings is 1. The van der Waals surface area contributed by atoms with Gasteiger partial charge in [-0.3, -0.25) is 4.79 Å². The second-order valence-corrected chi connectivity index (χ2v) is 6.09. The minimum atomic E-state index is -3.07. The van der Waals surface area contributed by atoms with Crippen LogP contribution >= 0.6 is 0 Å². The second kappa shape index (κ2) is 5.13. The monoisotopic (exact) mass is 257 g/mol. The minimum Gasteiger partial charge on any atom is -0.384 e. The van der Waals surface area contributed by atoms with Gasteiger partial charge in [0.2, 0.25) is 0 Å². The number of carbonyl (C=O) groups is 1. The van der Waals surface area contributed by atoms with Crippen LogP contribution in [0.1, 0.15) is 10.4 Å². The number of aromatic nitrogens is 1. The standard InChI is InChI=1S/C10H15N3O3S/c1-13(5-6-17(2,15)16)10(14)8-3-4-12-9(11)7-8/h3-4,7H,5-6H2,1-2H3,(H2,11,12). The van der Waals surface area contributed by atoms with E-state index in [0.29, 0.717) is 5.56 Å². The van der Waals surface area contributed by atoms with E-state index in [2.05, 4.69) is 4.98 Å². The van der Waals surface area contributed by atoms with E-state index in [0.717, 1.165) is 6.26 Å². The molecule has 1 aromatic heterocycles. The first-order valence-electron chi connectivity index (χ1n) is 4.94. The lowest BCUT2D eigenvalue weighted by Crippen LogP contribution is -2.31. The third-order valence-corrected chi connectivity index (χ3v) is 3.10. The van der Waals surface area contributed by atoms with Crippen molar-refractivity contribution in [3.63, 3.8) is 0 Å². The molecule has 7 heteroatoms. The Bertz CT molecular complexity index is 513. The molecule has 0 aliphatic heterocycles. The van der Waals surface area contributed by atoms with Gasteiger partial charge >= 0.3 is 0 Å². The first-order valence-corrected chi connectivity index (χ1v) is 7.00. The molecule has 0 saturated carbocycles. The molecule has 0 bridgehead atoms. The van der Waals surface area contributed by atoms with E-state index >= 15 is 0 Å². The third-order valence-electron chi connectivity index (χ3n) is 2.17. The van der Waals surface area contributed by atoms with Crippen molar-refractivity contribution in [3.05, 3.63) is 23.9 Å². The average molecular weight is 257 g/mol. The quantitative estimate of drug-likeness (QED) is 0.805. The maximum absolute atomic E-state index is 11.9. The molecule has 17 heavy (non-hydrogen) atoms. The van der Waals surface area contributed by atoms with Crippen molar-refractivity contribution in [2.45, 2.75) is 0 Å². The smallest absolute Gasteiger partial charge is 0.253 e. The van der Waals surface area contributed by atoms with Gasteiger partial charge in [-0.25, -0.2) is 13.4 Å². The van der Waals surface area contributed by atoms with E-state index in [-0.39, 0.29) is 24.0 Å². The van der Waals surface area contributed by atoms with Gasteiger partial charge < -0.3 is 10.6 Å². The fourth-order valence-electron chi connectivity index (χ4n) is 1.21. The highest BCUT2D eigenvalue weighted by atomic mass is 32.2. The predicted molar refractivity (Wildman–Crippen MR) is 65.3 cm³/mol. The molecule has 6 nitrogen and oxygen atoms in total. The summed E-state index contributed by atoms with van der Waals surface area (Å²) >= 11 is 0. The molecule has 0 saturated heterocycles. The molecule has 94 valence electrons. The number of carbonyl (C=O) groups excluding carboxylic acids is 1. The van der Waals surface area contributed by atoms with Crippen molar-refractivity contribution in [1.29, 1.82) is 0 Å². The number of nitrogens with two attached hydrogens (primary N) is 1. The largest absolute Gasteiger partial charge is 0.384 e. The zero-order valence-electron chi connectivity index (χ0n) is 9.75. The van der Waals surface area contributed by atoms with Crippen LogP contribution in [0.25, 0.3) is 0 Å². The molecule has 0 atom stereocenters. The Balaban J connectivity index is 2.70. The number of nitrogens with zero attached hydrogens (tertiary/aromatic N) is 2. The highest BCUT2D eigenvalue weighted by Crippen LogP contribution is 2.06. The Kier molecular flexibility index (Phi) is 4.06. The number of hydrogen-bond donors (Lipinski definition) is 1. The highest BCUT2D eigenvalue weighted by Gasteiger charge is 2.13. The molecule has 0 aliphatic rings.